The number of carbonyl (C=O) groups excluding carboxylic acids is 1. The van der Waals surface area contributed by atoms with Gasteiger partial charge in [-0.2, -0.15) is 5.26 Å². The minimum absolute atomic E-state index is 0.0302. The Hall–Kier alpha value is -2.17. The third kappa shape index (κ3) is 3.35. The van der Waals surface area contributed by atoms with E-state index in [0.29, 0.717) is 24.1 Å². The molecule has 0 bridgehead atoms. The zero-order chi connectivity index (χ0) is 17.2. The van der Waals surface area contributed by atoms with Crippen molar-refractivity contribution in [1.82, 2.24) is 4.90 Å². The molecule has 24 heavy (non-hydrogen) atoms. The molecule has 0 saturated carbocycles. The monoisotopic (exact) mass is 360 g/mol. The van der Waals surface area contributed by atoms with Crippen LogP contribution in [0.15, 0.2) is 41.8 Å². The highest BCUT2D eigenvalue weighted by Gasteiger charge is 2.33. The summed E-state index contributed by atoms with van der Waals surface area (Å²) in [7, 11) is -3.27. The maximum atomic E-state index is 12.6. The number of nitriles is 1. The van der Waals surface area contributed by atoms with Gasteiger partial charge in [-0.25, -0.2) is 8.42 Å². The van der Waals surface area contributed by atoms with Gasteiger partial charge >= 0.3 is 0 Å². The lowest BCUT2D eigenvalue weighted by Crippen LogP contribution is -2.33. The molecule has 0 spiro atoms. The molecule has 1 aliphatic rings. The van der Waals surface area contributed by atoms with E-state index >= 15 is 0 Å². The second-order valence-electron chi connectivity index (χ2n) is 5.64. The number of benzene rings is 1. The van der Waals surface area contributed by atoms with Gasteiger partial charge in [-0.1, -0.05) is 6.07 Å². The number of hydrogen-bond acceptors (Lipinski definition) is 5. The van der Waals surface area contributed by atoms with Gasteiger partial charge < -0.3 is 4.90 Å². The van der Waals surface area contributed by atoms with Crippen LogP contribution in [0.5, 0.6) is 0 Å². The van der Waals surface area contributed by atoms with Gasteiger partial charge in [0.1, 0.15) is 0 Å². The van der Waals surface area contributed by atoms with Gasteiger partial charge in [-0.05, 0) is 42.1 Å². The van der Waals surface area contributed by atoms with E-state index in [2.05, 4.69) is 0 Å². The predicted octanol–water partition coefficient (Wildman–Crippen LogP) is 2.62. The Bertz CT molecular complexity index is 866. The molecular weight excluding hydrogens is 344 g/mol. The molecule has 7 heteroatoms. The van der Waals surface area contributed by atoms with Gasteiger partial charge in [0, 0.05) is 23.5 Å². The van der Waals surface area contributed by atoms with E-state index in [0.717, 1.165) is 4.88 Å². The summed E-state index contributed by atoms with van der Waals surface area (Å²) >= 11 is 1.44. The summed E-state index contributed by atoms with van der Waals surface area (Å²) in [6, 6.07) is 12.1. The van der Waals surface area contributed by atoms with Crippen LogP contribution in [0.1, 0.15) is 32.5 Å². The molecule has 1 aromatic carbocycles. The van der Waals surface area contributed by atoms with Crippen LogP contribution >= 0.6 is 11.3 Å². The van der Waals surface area contributed by atoms with Crippen LogP contribution in [0.4, 0.5) is 0 Å². The first-order valence-corrected chi connectivity index (χ1v) is 10.2. The summed E-state index contributed by atoms with van der Waals surface area (Å²) < 4.78 is 25.0. The molecule has 1 atom stereocenters. The maximum absolute atomic E-state index is 12.6. The average molecular weight is 360 g/mol. The Labute approximate surface area is 145 Å². The molecule has 1 amide bonds. The van der Waals surface area contributed by atoms with Gasteiger partial charge in [0.05, 0.1) is 22.6 Å². The standard InChI is InChI=1S/C17H16N2O3S2/c18-12-13-3-5-14(6-4-13)17(20)19-8-7-16(15-2-1-10-23-15)24(21,22)11-9-19/h1-6,10,16H,7-9,11H2. The van der Waals surface area contributed by atoms with Crippen molar-refractivity contribution in [2.75, 3.05) is 18.8 Å². The molecule has 0 N–H and O–H groups in total. The highest BCUT2D eigenvalue weighted by Crippen LogP contribution is 2.32. The van der Waals surface area contributed by atoms with Crippen molar-refractivity contribution in [3.63, 3.8) is 0 Å². The van der Waals surface area contributed by atoms with Crippen molar-refractivity contribution in [2.45, 2.75) is 11.7 Å². The SMILES string of the molecule is N#Cc1ccc(C(=O)N2CCC(c3cccs3)S(=O)(=O)CC2)cc1. The van der Waals surface area contributed by atoms with E-state index in [-0.39, 0.29) is 18.2 Å². The third-order valence-corrected chi connectivity index (χ3v) is 7.39. The summed E-state index contributed by atoms with van der Waals surface area (Å²) in [5.41, 5.74) is 0.962. The van der Waals surface area contributed by atoms with Crippen LogP contribution in [-0.2, 0) is 9.84 Å². The van der Waals surface area contributed by atoms with Crippen molar-refractivity contribution in [2.24, 2.45) is 0 Å². The lowest BCUT2D eigenvalue weighted by Gasteiger charge is -2.20. The first-order valence-electron chi connectivity index (χ1n) is 7.55. The second-order valence-corrected chi connectivity index (χ2v) is 8.92. The van der Waals surface area contributed by atoms with E-state index in [1.807, 2.05) is 23.6 Å². The number of sulfone groups is 1. The number of hydrogen-bond donors (Lipinski definition) is 0. The Morgan fingerprint density at radius 3 is 2.58 bits per heavy atom. The Morgan fingerprint density at radius 1 is 1.21 bits per heavy atom. The van der Waals surface area contributed by atoms with E-state index in [4.69, 9.17) is 5.26 Å². The highest BCUT2D eigenvalue weighted by atomic mass is 32.2. The number of rotatable bonds is 2. The minimum atomic E-state index is -3.27. The van der Waals surface area contributed by atoms with Crippen LogP contribution in [-0.4, -0.2) is 38.1 Å². The number of amides is 1. The van der Waals surface area contributed by atoms with Crippen molar-refractivity contribution in [3.05, 3.63) is 57.8 Å². The molecule has 2 heterocycles. The summed E-state index contributed by atoms with van der Waals surface area (Å²) in [4.78, 5) is 15.0. The zero-order valence-corrected chi connectivity index (χ0v) is 14.5. The smallest absolute Gasteiger partial charge is 0.253 e. The Kier molecular flexibility index (Phi) is 4.69. The van der Waals surface area contributed by atoms with Crippen molar-refractivity contribution < 1.29 is 13.2 Å². The van der Waals surface area contributed by atoms with Gasteiger partial charge in [-0.3, -0.25) is 4.79 Å². The lowest BCUT2D eigenvalue weighted by molar-refractivity contribution is 0.0766. The van der Waals surface area contributed by atoms with Crippen molar-refractivity contribution in [3.8, 4) is 6.07 Å². The van der Waals surface area contributed by atoms with Crippen LogP contribution in [0.25, 0.3) is 0 Å². The fraction of sp³-hybridized carbons (Fsp3) is 0.294. The molecule has 1 aromatic heterocycles. The second kappa shape index (κ2) is 6.75. The normalized spacial score (nSPS) is 20.1. The van der Waals surface area contributed by atoms with Crippen molar-refractivity contribution >= 4 is 27.1 Å². The largest absolute Gasteiger partial charge is 0.338 e. The highest BCUT2D eigenvalue weighted by molar-refractivity contribution is 7.91. The number of carbonyl (C=O) groups is 1. The van der Waals surface area contributed by atoms with E-state index in [9.17, 15) is 13.2 Å². The van der Waals surface area contributed by atoms with Crippen molar-refractivity contribution in [1.29, 1.82) is 5.26 Å². The van der Waals surface area contributed by atoms with Gasteiger partial charge in [0.15, 0.2) is 9.84 Å². The molecule has 3 rings (SSSR count). The fourth-order valence-corrected chi connectivity index (χ4v) is 5.81. The van der Waals surface area contributed by atoms with E-state index in [1.54, 1.807) is 29.2 Å². The van der Waals surface area contributed by atoms with Crippen LogP contribution in [0.2, 0.25) is 0 Å². The van der Waals surface area contributed by atoms with Crippen LogP contribution < -0.4 is 0 Å². The lowest BCUT2D eigenvalue weighted by atomic mass is 10.1. The summed E-state index contributed by atoms with van der Waals surface area (Å²) in [5, 5.41) is 10.2. The molecule has 1 fully saturated rings. The van der Waals surface area contributed by atoms with Gasteiger partial charge in [-0.15, -0.1) is 11.3 Å². The number of thiophene rings is 1. The first-order chi connectivity index (χ1) is 11.5. The molecule has 1 saturated heterocycles. The van der Waals surface area contributed by atoms with Gasteiger partial charge in [0.2, 0.25) is 0 Å². The molecule has 124 valence electrons. The Balaban J connectivity index is 1.79. The first kappa shape index (κ1) is 16.7. The van der Waals surface area contributed by atoms with Crippen LogP contribution in [0.3, 0.4) is 0 Å². The Morgan fingerprint density at radius 2 is 1.96 bits per heavy atom. The van der Waals surface area contributed by atoms with E-state index < -0.39 is 15.1 Å². The summed E-state index contributed by atoms with van der Waals surface area (Å²) in [6.07, 6.45) is 0.408. The number of nitrogens with zero attached hydrogens (tertiary/aromatic N) is 2. The third-order valence-electron chi connectivity index (χ3n) is 4.15. The average Bonchev–Trinajstić information content (AvgIpc) is 3.06. The molecule has 5 nitrogen and oxygen atoms in total. The molecule has 1 unspecified atom stereocenters. The minimum Gasteiger partial charge on any atom is -0.338 e. The van der Waals surface area contributed by atoms with Gasteiger partial charge in [0.25, 0.3) is 5.91 Å². The predicted molar refractivity (Wildman–Crippen MR) is 92.5 cm³/mol. The topological polar surface area (TPSA) is 78.2 Å². The summed E-state index contributed by atoms with van der Waals surface area (Å²) in [6.45, 7) is 0.601. The maximum Gasteiger partial charge on any atom is 0.253 e. The van der Waals surface area contributed by atoms with E-state index in [1.165, 1.54) is 11.3 Å². The molecule has 2 aromatic rings. The fourth-order valence-electron chi connectivity index (χ4n) is 2.81. The molecule has 0 aliphatic carbocycles. The molecule has 0 radical (unpaired) electrons. The van der Waals surface area contributed by atoms with Crippen LogP contribution in [0, 0.1) is 11.3 Å². The zero-order valence-electron chi connectivity index (χ0n) is 12.9. The quantitative estimate of drug-likeness (QED) is 0.825. The molecule has 1 aliphatic heterocycles. The summed E-state index contributed by atoms with van der Waals surface area (Å²) in [5.74, 6) is -0.223. The molecular formula is C17H16N2O3S2.